The van der Waals surface area contributed by atoms with Gasteiger partial charge in [-0.05, 0) is 37.3 Å². The van der Waals surface area contributed by atoms with Gasteiger partial charge in [-0.2, -0.15) is 0 Å². The van der Waals surface area contributed by atoms with Crippen molar-refractivity contribution in [2.45, 2.75) is 11.8 Å². The van der Waals surface area contributed by atoms with Crippen LogP contribution in [0.4, 0.5) is 11.4 Å². The molecular weight excluding hydrogens is 452 g/mol. The first kappa shape index (κ1) is 24.0. The number of benzene rings is 2. The lowest BCUT2D eigenvalue weighted by molar-refractivity contribution is -0.385. The fourth-order valence-corrected chi connectivity index (χ4v) is 4.87. The molecule has 0 aliphatic carbocycles. The van der Waals surface area contributed by atoms with Gasteiger partial charge in [0.05, 0.1) is 22.6 Å². The third-order valence-corrected chi connectivity index (χ3v) is 7.19. The van der Waals surface area contributed by atoms with Crippen molar-refractivity contribution in [2.75, 3.05) is 44.1 Å². The van der Waals surface area contributed by atoms with Crippen LogP contribution >= 0.6 is 0 Å². The van der Waals surface area contributed by atoms with Crippen molar-refractivity contribution in [3.8, 4) is 5.75 Å². The molecule has 0 radical (unpaired) electrons. The molecule has 33 heavy (non-hydrogen) atoms. The molecule has 1 aliphatic heterocycles. The Balaban J connectivity index is 1.97. The first-order valence-corrected chi connectivity index (χ1v) is 11.5. The summed E-state index contributed by atoms with van der Waals surface area (Å²) in [6, 6.07) is 9.74. The second kappa shape index (κ2) is 9.86. The Labute approximate surface area is 191 Å². The van der Waals surface area contributed by atoms with Gasteiger partial charge in [-0.25, -0.2) is 8.42 Å². The van der Waals surface area contributed by atoms with E-state index in [0.29, 0.717) is 30.8 Å². The molecule has 3 rings (SSSR count). The van der Waals surface area contributed by atoms with Gasteiger partial charge in [0, 0.05) is 37.8 Å². The lowest BCUT2D eigenvalue weighted by Gasteiger charge is -2.34. The minimum absolute atomic E-state index is 0.207. The van der Waals surface area contributed by atoms with E-state index in [0.717, 1.165) is 10.4 Å². The van der Waals surface area contributed by atoms with Gasteiger partial charge in [-0.15, -0.1) is 0 Å². The highest BCUT2D eigenvalue weighted by atomic mass is 32.2. The number of anilines is 1. The number of aryl methyl sites for hydroxylation is 1. The molecule has 2 aromatic rings. The molecule has 0 aromatic heterocycles. The number of hydrogen-bond donors (Lipinski definition) is 0. The largest absolute Gasteiger partial charge is 0.497 e. The number of rotatable bonds is 8. The average Bonchev–Trinajstić information content (AvgIpc) is 2.82. The monoisotopic (exact) mass is 476 g/mol. The molecule has 1 aliphatic rings. The van der Waals surface area contributed by atoms with Gasteiger partial charge < -0.3 is 14.5 Å². The number of nitro groups is 1. The first-order chi connectivity index (χ1) is 15.7. The molecular formula is C21H24N4O7S. The maximum absolute atomic E-state index is 13.5. The number of methoxy groups -OCH3 is 1. The van der Waals surface area contributed by atoms with Gasteiger partial charge in [0.1, 0.15) is 12.3 Å². The summed E-state index contributed by atoms with van der Waals surface area (Å²) < 4.78 is 33.1. The van der Waals surface area contributed by atoms with Crippen LogP contribution in [0.5, 0.6) is 5.75 Å². The minimum atomic E-state index is -4.32. The summed E-state index contributed by atoms with van der Waals surface area (Å²) >= 11 is 0. The van der Waals surface area contributed by atoms with E-state index in [4.69, 9.17) is 4.74 Å². The number of ether oxygens (including phenoxy) is 1. The van der Waals surface area contributed by atoms with Crippen LogP contribution in [0, 0.1) is 17.0 Å². The third-order valence-electron chi connectivity index (χ3n) is 5.42. The summed E-state index contributed by atoms with van der Waals surface area (Å²) in [7, 11) is -2.85. The molecule has 1 saturated heterocycles. The van der Waals surface area contributed by atoms with Gasteiger partial charge in [-0.3, -0.25) is 24.0 Å². The molecule has 2 aromatic carbocycles. The van der Waals surface area contributed by atoms with E-state index in [1.54, 1.807) is 12.1 Å². The second-order valence-electron chi connectivity index (χ2n) is 7.44. The fourth-order valence-electron chi connectivity index (χ4n) is 3.44. The standard InChI is InChI=1S/C21H24N4O7S/c1-16-3-8-19(13-20(16)25(28)29)33(30,31)24(17-4-6-18(32-2)7-5-17)14-21(27)23-11-9-22(15-26)10-12-23/h3-8,13,15H,9-12,14H2,1-2H3. The number of carbonyl (C=O) groups is 2. The van der Waals surface area contributed by atoms with Crippen molar-refractivity contribution in [3.05, 3.63) is 58.1 Å². The van der Waals surface area contributed by atoms with Gasteiger partial charge in [-0.1, -0.05) is 6.07 Å². The maximum Gasteiger partial charge on any atom is 0.273 e. The van der Waals surface area contributed by atoms with Gasteiger partial charge in [0.15, 0.2) is 0 Å². The molecule has 0 unspecified atom stereocenters. The number of sulfonamides is 1. The zero-order valence-corrected chi connectivity index (χ0v) is 19.0. The Kier molecular flexibility index (Phi) is 7.16. The Morgan fingerprint density at radius 3 is 2.33 bits per heavy atom. The molecule has 11 nitrogen and oxygen atoms in total. The van der Waals surface area contributed by atoms with Gasteiger partial charge in [0.25, 0.3) is 15.7 Å². The number of nitrogens with zero attached hydrogens (tertiary/aromatic N) is 4. The van der Waals surface area contributed by atoms with Crippen LogP contribution in [0.1, 0.15) is 5.56 Å². The van der Waals surface area contributed by atoms with Crippen molar-refractivity contribution >= 4 is 33.7 Å². The summed E-state index contributed by atoms with van der Waals surface area (Å²) in [5.74, 6) is 0.0555. The van der Waals surface area contributed by atoms with Crippen LogP contribution in [0.25, 0.3) is 0 Å². The fraction of sp³-hybridized carbons (Fsp3) is 0.333. The Morgan fingerprint density at radius 1 is 1.15 bits per heavy atom. The number of amides is 2. The van der Waals surface area contributed by atoms with Crippen molar-refractivity contribution in [3.63, 3.8) is 0 Å². The highest BCUT2D eigenvalue weighted by Crippen LogP contribution is 2.29. The zero-order chi connectivity index (χ0) is 24.2. The number of nitro benzene ring substituents is 1. The van der Waals surface area contributed by atoms with E-state index in [9.17, 15) is 28.1 Å². The Hall–Kier alpha value is -3.67. The lowest BCUT2D eigenvalue weighted by atomic mass is 10.2. The Morgan fingerprint density at radius 2 is 1.79 bits per heavy atom. The smallest absolute Gasteiger partial charge is 0.273 e. The van der Waals surface area contributed by atoms with Crippen LogP contribution in [0.2, 0.25) is 0 Å². The molecule has 0 N–H and O–H groups in total. The Bertz CT molecular complexity index is 1140. The van der Waals surface area contributed by atoms with Crippen LogP contribution < -0.4 is 9.04 Å². The highest BCUT2D eigenvalue weighted by molar-refractivity contribution is 7.92. The number of hydrogen-bond acceptors (Lipinski definition) is 7. The number of piperazine rings is 1. The highest BCUT2D eigenvalue weighted by Gasteiger charge is 2.31. The molecule has 0 bridgehead atoms. The van der Waals surface area contributed by atoms with E-state index >= 15 is 0 Å². The van der Waals surface area contributed by atoms with E-state index in [2.05, 4.69) is 0 Å². The lowest BCUT2D eigenvalue weighted by Crippen LogP contribution is -2.51. The molecule has 1 heterocycles. The molecule has 2 amide bonds. The molecule has 0 spiro atoms. The van der Waals surface area contributed by atoms with E-state index in [1.165, 1.54) is 48.1 Å². The zero-order valence-electron chi connectivity index (χ0n) is 18.2. The summed E-state index contributed by atoms with van der Waals surface area (Å²) in [6.07, 6.45) is 0.709. The van der Waals surface area contributed by atoms with Crippen LogP contribution in [0.15, 0.2) is 47.4 Å². The summed E-state index contributed by atoms with van der Waals surface area (Å²) in [6.45, 7) is 2.28. The van der Waals surface area contributed by atoms with Gasteiger partial charge in [0.2, 0.25) is 12.3 Å². The third kappa shape index (κ3) is 5.22. The van der Waals surface area contributed by atoms with E-state index in [1.807, 2.05) is 0 Å². The molecule has 1 fully saturated rings. The summed E-state index contributed by atoms with van der Waals surface area (Å²) in [5.41, 5.74) is 0.194. The maximum atomic E-state index is 13.5. The van der Waals surface area contributed by atoms with Crippen LogP contribution in [-0.2, 0) is 19.6 Å². The van der Waals surface area contributed by atoms with E-state index in [-0.39, 0.29) is 29.4 Å². The number of carbonyl (C=O) groups excluding carboxylic acids is 2. The predicted octanol–water partition coefficient (Wildman–Crippen LogP) is 1.41. The van der Waals surface area contributed by atoms with Crippen molar-refractivity contribution in [1.82, 2.24) is 9.80 Å². The molecule has 12 heteroatoms. The van der Waals surface area contributed by atoms with Crippen LogP contribution in [-0.4, -0.2) is 75.3 Å². The molecule has 0 atom stereocenters. The second-order valence-corrected chi connectivity index (χ2v) is 9.30. The average molecular weight is 477 g/mol. The van der Waals surface area contributed by atoms with E-state index < -0.39 is 27.4 Å². The molecule has 0 saturated carbocycles. The minimum Gasteiger partial charge on any atom is -0.497 e. The van der Waals surface area contributed by atoms with Crippen molar-refractivity contribution in [1.29, 1.82) is 0 Å². The van der Waals surface area contributed by atoms with Gasteiger partial charge >= 0.3 is 0 Å². The topological polar surface area (TPSA) is 130 Å². The van der Waals surface area contributed by atoms with Crippen molar-refractivity contribution in [2.24, 2.45) is 0 Å². The molecule has 176 valence electrons. The van der Waals surface area contributed by atoms with Crippen LogP contribution in [0.3, 0.4) is 0 Å². The predicted molar refractivity (Wildman–Crippen MR) is 120 cm³/mol. The SMILES string of the molecule is COc1ccc(N(CC(=O)N2CCN(C=O)CC2)S(=O)(=O)c2ccc(C)c([N+](=O)[O-])c2)cc1. The summed E-state index contributed by atoms with van der Waals surface area (Å²) in [5, 5.41) is 11.3. The quantitative estimate of drug-likeness (QED) is 0.320. The van der Waals surface area contributed by atoms with Crippen molar-refractivity contribution < 1.29 is 27.7 Å². The normalized spacial score (nSPS) is 14.0. The summed E-state index contributed by atoms with van der Waals surface area (Å²) in [4.78, 5) is 37.3. The first-order valence-electron chi connectivity index (χ1n) is 10.1.